The van der Waals surface area contributed by atoms with Gasteiger partial charge in [-0.1, -0.05) is 19.9 Å². The summed E-state index contributed by atoms with van der Waals surface area (Å²) >= 11 is 1.70. The second kappa shape index (κ2) is 7.75. The van der Waals surface area contributed by atoms with Crippen molar-refractivity contribution in [2.75, 3.05) is 18.0 Å². The normalized spacial score (nSPS) is 19.3. The van der Waals surface area contributed by atoms with Gasteiger partial charge in [-0.05, 0) is 30.2 Å². The fourth-order valence-corrected chi connectivity index (χ4v) is 4.11. The topological polar surface area (TPSA) is 58.1 Å². The molecule has 2 aromatic rings. The minimum Gasteiger partial charge on any atom is -0.355 e. The third-order valence-corrected chi connectivity index (χ3v) is 5.44. The van der Waals surface area contributed by atoms with Crippen LogP contribution in [0.25, 0.3) is 0 Å². The van der Waals surface area contributed by atoms with Gasteiger partial charge in [-0.25, -0.2) is 4.98 Å². The molecule has 0 aliphatic carbocycles. The standard InChI is InChI=1S/C18H24N4OS/c1-13(2)17(15-6-4-10-24-15)21-18(23)14-5-3-9-22(12-14)16-11-19-7-8-20-16/h4,6-8,10-11,13-14,17H,3,5,9,12H2,1-2H3,(H,21,23)/t14-,17+/m1/s1. The van der Waals surface area contributed by atoms with Gasteiger partial charge in [0.25, 0.3) is 0 Å². The van der Waals surface area contributed by atoms with Crippen molar-refractivity contribution < 1.29 is 4.79 Å². The van der Waals surface area contributed by atoms with E-state index < -0.39 is 0 Å². The smallest absolute Gasteiger partial charge is 0.225 e. The van der Waals surface area contributed by atoms with Gasteiger partial charge in [-0.2, -0.15) is 0 Å². The fraction of sp³-hybridized carbons (Fsp3) is 0.500. The highest BCUT2D eigenvalue weighted by Crippen LogP contribution is 2.27. The lowest BCUT2D eigenvalue weighted by atomic mass is 9.95. The SMILES string of the molecule is CC(C)[C@H](NC(=O)[C@@H]1CCCN(c2cnccn2)C1)c1cccs1. The number of nitrogens with zero attached hydrogens (tertiary/aromatic N) is 3. The van der Waals surface area contributed by atoms with Gasteiger partial charge in [0.05, 0.1) is 18.2 Å². The largest absolute Gasteiger partial charge is 0.355 e. The molecule has 5 nitrogen and oxygen atoms in total. The Hall–Kier alpha value is -1.95. The zero-order valence-electron chi connectivity index (χ0n) is 14.2. The minimum atomic E-state index is 0.00182. The Morgan fingerprint density at radius 2 is 2.29 bits per heavy atom. The number of hydrogen-bond donors (Lipinski definition) is 1. The molecule has 0 unspecified atom stereocenters. The Labute approximate surface area is 147 Å². The quantitative estimate of drug-likeness (QED) is 0.904. The number of aromatic nitrogens is 2. The van der Waals surface area contributed by atoms with Crippen LogP contribution in [0.2, 0.25) is 0 Å². The molecule has 0 bridgehead atoms. The molecule has 0 spiro atoms. The van der Waals surface area contributed by atoms with Gasteiger partial charge in [0, 0.05) is 30.4 Å². The lowest BCUT2D eigenvalue weighted by Gasteiger charge is -2.33. The number of nitrogens with one attached hydrogen (secondary N) is 1. The predicted molar refractivity (Wildman–Crippen MR) is 97.0 cm³/mol. The molecule has 0 saturated carbocycles. The number of piperidine rings is 1. The monoisotopic (exact) mass is 344 g/mol. The average Bonchev–Trinajstić information content (AvgIpc) is 3.14. The molecular weight excluding hydrogens is 320 g/mol. The molecule has 24 heavy (non-hydrogen) atoms. The van der Waals surface area contributed by atoms with Gasteiger partial charge in [-0.15, -0.1) is 11.3 Å². The van der Waals surface area contributed by atoms with E-state index in [1.54, 1.807) is 29.9 Å². The van der Waals surface area contributed by atoms with Gasteiger partial charge in [0.15, 0.2) is 0 Å². The van der Waals surface area contributed by atoms with E-state index >= 15 is 0 Å². The third-order valence-electron chi connectivity index (χ3n) is 4.48. The Bertz CT molecular complexity index is 644. The van der Waals surface area contributed by atoms with E-state index in [4.69, 9.17) is 0 Å². The summed E-state index contributed by atoms with van der Waals surface area (Å²) in [6.07, 6.45) is 7.07. The molecule has 1 aliphatic rings. The Kier molecular flexibility index (Phi) is 5.45. The van der Waals surface area contributed by atoms with Crippen LogP contribution in [0.15, 0.2) is 36.1 Å². The molecule has 1 amide bonds. The van der Waals surface area contributed by atoms with Crippen molar-refractivity contribution in [2.45, 2.75) is 32.7 Å². The number of carbonyl (C=O) groups is 1. The molecular formula is C18H24N4OS. The van der Waals surface area contributed by atoms with E-state index in [1.807, 2.05) is 6.07 Å². The summed E-state index contributed by atoms with van der Waals surface area (Å²) in [5, 5.41) is 5.33. The van der Waals surface area contributed by atoms with Crippen LogP contribution in [0, 0.1) is 11.8 Å². The van der Waals surface area contributed by atoms with E-state index in [1.165, 1.54) is 4.88 Å². The first-order chi connectivity index (χ1) is 11.6. The van der Waals surface area contributed by atoms with Gasteiger partial charge in [-0.3, -0.25) is 9.78 Å². The number of anilines is 1. The lowest BCUT2D eigenvalue weighted by Crippen LogP contribution is -2.45. The molecule has 2 atom stereocenters. The summed E-state index contributed by atoms with van der Waals surface area (Å²) < 4.78 is 0. The number of amides is 1. The molecule has 0 radical (unpaired) electrons. The minimum absolute atomic E-state index is 0.00182. The average molecular weight is 344 g/mol. The number of carbonyl (C=O) groups excluding carboxylic acids is 1. The second-order valence-electron chi connectivity index (χ2n) is 6.59. The van der Waals surface area contributed by atoms with Crippen LogP contribution < -0.4 is 10.2 Å². The van der Waals surface area contributed by atoms with E-state index in [0.29, 0.717) is 12.5 Å². The van der Waals surface area contributed by atoms with Gasteiger partial charge >= 0.3 is 0 Å². The molecule has 3 heterocycles. The molecule has 2 aromatic heterocycles. The van der Waals surface area contributed by atoms with Crippen LogP contribution in [-0.4, -0.2) is 29.0 Å². The first kappa shape index (κ1) is 16.9. The molecule has 0 aromatic carbocycles. The summed E-state index contributed by atoms with van der Waals surface area (Å²) in [5.41, 5.74) is 0. The summed E-state index contributed by atoms with van der Waals surface area (Å²) in [4.78, 5) is 24.7. The molecule has 6 heteroatoms. The fourth-order valence-electron chi connectivity index (χ4n) is 3.16. The third kappa shape index (κ3) is 3.93. The van der Waals surface area contributed by atoms with Crippen molar-refractivity contribution in [2.24, 2.45) is 11.8 Å². The molecule has 1 aliphatic heterocycles. The van der Waals surface area contributed by atoms with E-state index in [-0.39, 0.29) is 17.9 Å². The van der Waals surface area contributed by atoms with Crippen molar-refractivity contribution in [3.05, 3.63) is 41.0 Å². The van der Waals surface area contributed by atoms with Crippen LogP contribution in [0.1, 0.15) is 37.6 Å². The molecule has 1 saturated heterocycles. The van der Waals surface area contributed by atoms with E-state index in [9.17, 15) is 4.79 Å². The Morgan fingerprint density at radius 3 is 2.96 bits per heavy atom. The van der Waals surface area contributed by atoms with E-state index in [2.05, 4.69) is 45.5 Å². The number of hydrogen-bond acceptors (Lipinski definition) is 5. The van der Waals surface area contributed by atoms with Crippen LogP contribution in [-0.2, 0) is 4.79 Å². The number of thiophene rings is 1. The van der Waals surface area contributed by atoms with Crippen LogP contribution in [0.4, 0.5) is 5.82 Å². The molecule has 128 valence electrons. The highest BCUT2D eigenvalue weighted by Gasteiger charge is 2.29. The maximum absolute atomic E-state index is 12.8. The maximum Gasteiger partial charge on any atom is 0.225 e. The molecule has 1 fully saturated rings. The van der Waals surface area contributed by atoms with Crippen molar-refractivity contribution in [1.29, 1.82) is 0 Å². The first-order valence-corrected chi connectivity index (χ1v) is 9.38. The van der Waals surface area contributed by atoms with Gasteiger partial charge < -0.3 is 10.2 Å². The predicted octanol–water partition coefficient (Wildman–Crippen LogP) is 3.27. The zero-order valence-corrected chi connectivity index (χ0v) is 15.0. The maximum atomic E-state index is 12.8. The van der Waals surface area contributed by atoms with Crippen LogP contribution in [0.3, 0.4) is 0 Å². The zero-order chi connectivity index (χ0) is 16.9. The van der Waals surface area contributed by atoms with Crippen molar-refractivity contribution in [3.8, 4) is 0 Å². The van der Waals surface area contributed by atoms with Gasteiger partial charge in [0.2, 0.25) is 5.91 Å². The van der Waals surface area contributed by atoms with Crippen molar-refractivity contribution in [1.82, 2.24) is 15.3 Å². The molecule has 3 rings (SSSR count). The van der Waals surface area contributed by atoms with Gasteiger partial charge in [0.1, 0.15) is 5.82 Å². The second-order valence-corrected chi connectivity index (χ2v) is 7.57. The van der Waals surface area contributed by atoms with Crippen molar-refractivity contribution in [3.63, 3.8) is 0 Å². The van der Waals surface area contributed by atoms with Crippen LogP contribution in [0.5, 0.6) is 0 Å². The summed E-state index contributed by atoms with van der Waals surface area (Å²) in [6.45, 7) is 5.94. The van der Waals surface area contributed by atoms with Crippen molar-refractivity contribution >= 4 is 23.1 Å². The highest BCUT2D eigenvalue weighted by molar-refractivity contribution is 7.10. The summed E-state index contributed by atoms with van der Waals surface area (Å²) in [6, 6.07) is 4.23. The Morgan fingerprint density at radius 1 is 1.42 bits per heavy atom. The van der Waals surface area contributed by atoms with Crippen LogP contribution >= 0.6 is 11.3 Å². The lowest BCUT2D eigenvalue weighted by molar-refractivity contribution is -0.126. The molecule has 1 N–H and O–H groups in total. The summed E-state index contributed by atoms with van der Waals surface area (Å²) in [5.74, 6) is 1.37. The summed E-state index contributed by atoms with van der Waals surface area (Å²) in [7, 11) is 0. The highest BCUT2D eigenvalue weighted by atomic mass is 32.1. The Balaban J connectivity index is 1.66. The van der Waals surface area contributed by atoms with E-state index in [0.717, 1.165) is 25.2 Å². The number of rotatable bonds is 5. The first-order valence-electron chi connectivity index (χ1n) is 8.50.